The van der Waals surface area contributed by atoms with E-state index in [1.165, 1.54) is 0 Å². The van der Waals surface area contributed by atoms with Crippen molar-refractivity contribution in [2.75, 3.05) is 0 Å². The first-order valence-electron chi connectivity index (χ1n) is 7.50. The Hall–Kier alpha value is -1.08. The van der Waals surface area contributed by atoms with Gasteiger partial charge in [-0.3, -0.25) is 10.2 Å². The molecule has 7 heteroatoms. The van der Waals surface area contributed by atoms with Gasteiger partial charge in [0, 0.05) is 16.4 Å². The second kappa shape index (κ2) is 6.81. The Bertz CT molecular complexity index is 575. The van der Waals surface area contributed by atoms with Gasteiger partial charge < -0.3 is 0 Å². The fourth-order valence-electron chi connectivity index (χ4n) is 2.93. The van der Waals surface area contributed by atoms with Crippen LogP contribution in [0.5, 0.6) is 0 Å². The van der Waals surface area contributed by atoms with E-state index < -0.39 is 17.8 Å². The van der Waals surface area contributed by atoms with Crippen LogP contribution in [0.1, 0.15) is 38.7 Å². The van der Waals surface area contributed by atoms with Gasteiger partial charge in [-0.1, -0.05) is 34.1 Å². The standard InChI is InChI=1S/C16H20BrF3N2O/c1-15(2)10-14(23)21-22(15)13(16(18,19)20)9-5-7-11-6-3-4-8-12(11)17/h3-4,6,8,13H,5,7,9-10H2,1-2H3,(H,21,23)/t13-/m0/s1. The molecule has 0 saturated carbocycles. The molecule has 0 aromatic heterocycles. The van der Waals surface area contributed by atoms with E-state index in [-0.39, 0.29) is 18.7 Å². The highest BCUT2D eigenvalue weighted by molar-refractivity contribution is 9.10. The zero-order chi connectivity index (χ0) is 17.3. The second-order valence-electron chi connectivity index (χ2n) is 6.44. The van der Waals surface area contributed by atoms with Gasteiger partial charge in [-0.05, 0) is 44.7 Å². The summed E-state index contributed by atoms with van der Waals surface area (Å²) in [5.74, 6) is -0.366. The van der Waals surface area contributed by atoms with Crippen LogP contribution in [0, 0.1) is 0 Å². The SMILES string of the molecule is CC1(C)CC(=O)NN1[C@@H](CCCc1ccccc1Br)C(F)(F)F. The highest BCUT2D eigenvalue weighted by atomic mass is 79.9. The molecule has 1 N–H and O–H groups in total. The number of nitrogens with zero attached hydrogens (tertiary/aromatic N) is 1. The summed E-state index contributed by atoms with van der Waals surface area (Å²) in [5.41, 5.74) is 2.52. The fraction of sp³-hybridized carbons (Fsp3) is 0.562. The molecule has 1 aliphatic heterocycles. The number of amides is 1. The first-order chi connectivity index (χ1) is 10.6. The summed E-state index contributed by atoms with van der Waals surface area (Å²) in [6.07, 6.45) is -3.44. The van der Waals surface area contributed by atoms with Crippen molar-refractivity contribution in [2.45, 2.75) is 57.3 Å². The summed E-state index contributed by atoms with van der Waals surface area (Å²) in [5, 5.41) is 1.08. The summed E-state index contributed by atoms with van der Waals surface area (Å²) < 4.78 is 41.2. The van der Waals surface area contributed by atoms with Gasteiger partial charge in [0.1, 0.15) is 6.04 Å². The highest BCUT2D eigenvalue weighted by Crippen LogP contribution is 2.35. The van der Waals surface area contributed by atoms with E-state index in [0.29, 0.717) is 12.8 Å². The van der Waals surface area contributed by atoms with E-state index in [1.807, 2.05) is 24.3 Å². The monoisotopic (exact) mass is 392 g/mol. The predicted octanol–water partition coefficient (Wildman–Crippen LogP) is 4.22. The summed E-state index contributed by atoms with van der Waals surface area (Å²) in [4.78, 5) is 11.5. The average molecular weight is 393 g/mol. The number of aryl methyl sites for hydroxylation is 1. The molecule has 128 valence electrons. The number of hydrogen-bond acceptors (Lipinski definition) is 2. The van der Waals surface area contributed by atoms with Crippen molar-refractivity contribution in [1.29, 1.82) is 0 Å². The van der Waals surface area contributed by atoms with Crippen molar-refractivity contribution in [2.24, 2.45) is 0 Å². The van der Waals surface area contributed by atoms with Crippen LogP contribution in [-0.2, 0) is 11.2 Å². The summed E-state index contributed by atoms with van der Waals surface area (Å²) in [6.45, 7) is 3.30. The van der Waals surface area contributed by atoms with Crippen LogP contribution >= 0.6 is 15.9 Å². The number of hydrogen-bond donors (Lipinski definition) is 1. The Kier molecular flexibility index (Phi) is 5.41. The minimum atomic E-state index is -4.39. The first-order valence-corrected chi connectivity index (χ1v) is 8.29. The summed E-state index contributed by atoms with van der Waals surface area (Å²) in [6, 6.07) is 5.83. The maximum Gasteiger partial charge on any atom is 0.405 e. The minimum absolute atomic E-state index is 0.0610. The smallest absolute Gasteiger partial charge is 0.288 e. The van der Waals surface area contributed by atoms with Gasteiger partial charge in [0.15, 0.2) is 0 Å². The largest absolute Gasteiger partial charge is 0.405 e. The van der Waals surface area contributed by atoms with E-state index in [1.54, 1.807) is 13.8 Å². The lowest BCUT2D eigenvalue weighted by molar-refractivity contribution is -0.202. The molecule has 0 spiro atoms. The van der Waals surface area contributed by atoms with Crippen LogP contribution in [0.25, 0.3) is 0 Å². The van der Waals surface area contributed by atoms with E-state index in [0.717, 1.165) is 15.0 Å². The van der Waals surface area contributed by atoms with Crippen molar-refractivity contribution in [3.63, 3.8) is 0 Å². The number of hydrazine groups is 1. The van der Waals surface area contributed by atoms with Crippen molar-refractivity contribution >= 4 is 21.8 Å². The molecule has 0 bridgehead atoms. The Balaban J connectivity index is 2.06. The zero-order valence-electron chi connectivity index (χ0n) is 13.1. The molecule has 1 heterocycles. The number of nitrogens with one attached hydrogen (secondary N) is 1. The molecule has 1 amide bonds. The summed E-state index contributed by atoms with van der Waals surface area (Å²) >= 11 is 3.41. The lowest BCUT2D eigenvalue weighted by Gasteiger charge is -2.37. The number of benzene rings is 1. The molecule has 0 aliphatic carbocycles. The van der Waals surface area contributed by atoms with Crippen LogP contribution in [0.15, 0.2) is 28.7 Å². The van der Waals surface area contributed by atoms with Crippen LogP contribution in [0.3, 0.4) is 0 Å². The van der Waals surface area contributed by atoms with Crippen molar-refractivity contribution in [1.82, 2.24) is 10.4 Å². The number of alkyl halides is 3. The molecule has 2 rings (SSSR count). The maximum absolute atomic E-state index is 13.4. The minimum Gasteiger partial charge on any atom is -0.288 e. The van der Waals surface area contributed by atoms with Crippen molar-refractivity contribution in [3.8, 4) is 0 Å². The maximum atomic E-state index is 13.4. The van der Waals surface area contributed by atoms with Crippen LogP contribution in [-0.4, -0.2) is 28.7 Å². The lowest BCUT2D eigenvalue weighted by Crippen LogP contribution is -2.56. The zero-order valence-corrected chi connectivity index (χ0v) is 14.7. The van der Waals surface area contributed by atoms with Crippen LogP contribution < -0.4 is 5.43 Å². The van der Waals surface area contributed by atoms with Crippen molar-refractivity contribution < 1.29 is 18.0 Å². The van der Waals surface area contributed by atoms with Gasteiger partial charge in [-0.25, -0.2) is 5.01 Å². The summed E-state index contributed by atoms with van der Waals surface area (Å²) in [7, 11) is 0. The van der Waals surface area contributed by atoms with E-state index >= 15 is 0 Å². The molecule has 0 unspecified atom stereocenters. The normalized spacial score (nSPS) is 19.7. The van der Waals surface area contributed by atoms with Crippen LogP contribution in [0.2, 0.25) is 0 Å². The Morgan fingerprint density at radius 2 is 2.00 bits per heavy atom. The molecule has 3 nitrogen and oxygen atoms in total. The predicted molar refractivity (Wildman–Crippen MR) is 85.6 cm³/mol. The average Bonchev–Trinajstić information content (AvgIpc) is 2.68. The molecular weight excluding hydrogens is 373 g/mol. The number of carbonyl (C=O) groups excluding carboxylic acids is 1. The Morgan fingerprint density at radius 1 is 1.35 bits per heavy atom. The highest BCUT2D eigenvalue weighted by Gasteiger charge is 2.51. The molecular formula is C16H20BrF3N2O. The topological polar surface area (TPSA) is 32.3 Å². The van der Waals surface area contributed by atoms with Gasteiger partial charge in [0.05, 0.1) is 0 Å². The number of halogens is 4. The number of rotatable bonds is 5. The molecule has 23 heavy (non-hydrogen) atoms. The molecule has 1 fully saturated rings. The molecule has 1 aromatic carbocycles. The Morgan fingerprint density at radius 3 is 2.52 bits per heavy atom. The third-order valence-corrected chi connectivity index (χ3v) is 4.84. The first kappa shape index (κ1) is 18.3. The van der Waals surface area contributed by atoms with Gasteiger partial charge in [0.2, 0.25) is 5.91 Å². The van der Waals surface area contributed by atoms with Gasteiger partial charge in [-0.15, -0.1) is 0 Å². The fourth-order valence-corrected chi connectivity index (χ4v) is 3.41. The molecule has 1 aromatic rings. The third-order valence-electron chi connectivity index (χ3n) is 4.06. The lowest BCUT2D eigenvalue weighted by atomic mass is 9.97. The third kappa shape index (κ3) is 4.47. The molecule has 0 radical (unpaired) electrons. The van der Waals surface area contributed by atoms with Gasteiger partial charge >= 0.3 is 6.18 Å². The van der Waals surface area contributed by atoms with E-state index in [4.69, 9.17) is 0 Å². The number of carbonyl (C=O) groups is 1. The van der Waals surface area contributed by atoms with Gasteiger partial charge in [0.25, 0.3) is 0 Å². The molecule has 1 saturated heterocycles. The van der Waals surface area contributed by atoms with Crippen LogP contribution in [0.4, 0.5) is 13.2 Å². The molecule has 1 atom stereocenters. The van der Waals surface area contributed by atoms with E-state index in [9.17, 15) is 18.0 Å². The second-order valence-corrected chi connectivity index (χ2v) is 7.29. The van der Waals surface area contributed by atoms with E-state index in [2.05, 4.69) is 21.4 Å². The quantitative estimate of drug-likeness (QED) is 0.813. The van der Waals surface area contributed by atoms with Crippen molar-refractivity contribution in [3.05, 3.63) is 34.3 Å². The Labute approximate surface area is 142 Å². The van der Waals surface area contributed by atoms with Gasteiger partial charge in [-0.2, -0.15) is 13.2 Å². The molecule has 1 aliphatic rings.